The summed E-state index contributed by atoms with van der Waals surface area (Å²) >= 11 is 5.43. The number of nitro groups is 1. The van der Waals surface area contributed by atoms with E-state index in [-0.39, 0.29) is 22.4 Å². The van der Waals surface area contributed by atoms with Gasteiger partial charge in [0.25, 0.3) is 0 Å². The van der Waals surface area contributed by atoms with Gasteiger partial charge in [-0.25, -0.2) is 13.1 Å². The highest BCUT2D eigenvalue weighted by molar-refractivity contribution is 7.91. The molecule has 18 heavy (non-hydrogen) atoms. The number of aromatic nitrogens is 2. The molecule has 0 fully saturated rings. The van der Waals surface area contributed by atoms with Gasteiger partial charge in [0.1, 0.15) is 5.69 Å². The van der Waals surface area contributed by atoms with Crippen molar-refractivity contribution in [3.63, 3.8) is 0 Å². The lowest BCUT2D eigenvalue weighted by atomic mass is 10.4. The Morgan fingerprint density at radius 1 is 1.50 bits per heavy atom. The van der Waals surface area contributed by atoms with E-state index in [0.717, 1.165) is 0 Å². The Labute approximate surface area is 110 Å². The largest absolute Gasteiger partial charge is 0.328 e. The third-order valence-electron chi connectivity index (χ3n) is 2.31. The Hall–Kier alpha value is -1.15. The third-order valence-corrected chi connectivity index (χ3v) is 4.46. The molecule has 0 N–H and O–H groups in total. The van der Waals surface area contributed by atoms with Crippen molar-refractivity contribution in [2.45, 2.75) is 31.8 Å². The predicted molar refractivity (Wildman–Crippen MR) is 66.7 cm³/mol. The number of sulfone groups is 1. The molecule has 1 aromatic heterocycles. The van der Waals surface area contributed by atoms with Crippen LogP contribution in [0.25, 0.3) is 0 Å². The van der Waals surface area contributed by atoms with Crippen molar-refractivity contribution < 1.29 is 13.3 Å². The first-order chi connectivity index (χ1) is 8.35. The standard InChI is InChI=1S/C9H14ClN3O4S/c1-3-5-12-9(18(16,17)6-4-10)8(13(14)15)7(2)11-12/h3-6H2,1-2H3. The van der Waals surface area contributed by atoms with Gasteiger partial charge in [-0.2, -0.15) is 5.10 Å². The van der Waals surface area contributed by atoms with Crippen LogP contribution in [0.3, 0.4) is 0 Å². The van der Waals surface area contributed by atoms with Gasteiger partial charge in [0.15, 0.2) is 0 Å². The quantitative estimate of drug-likeness (QED) is 0.450. The van der Waals surface area contributed by atoms with Gasteiger partial charge in [-0.05, 0) is 13.3 Å². The molecule has 0 saturated carbocycles. The summed E-state index contributed by atoms with van der Waals surface area (Å²) < 4.78 is 25.2. The maximum absolute atomic E-state index is 12.0. The lowest BCUT2D eigenvalue weighted by Crippen LogP contribution is -2.16. The summed E-state index contributed by atoms with van der Waals surface area (Å²) in [5, 5.41) is 14.5. The maximum atomic E-state index is 12.0. The van der Waals surface area contributed by atoms with E-state index in [4.69, 9.17) is 11.6 Å². The summed E-state index contributed by atoms with van der Waals surface area (Å²) in [6.07, 6.45) is 0.627. The highest BCUT2D eigenvalue weighted by Gasteiger charge is 2.34. The molecule has 102 valence electrons. The van der Waals surface area contributed by atoms with Crippen LogP contribution < -0.4 is 0 Å². The minimum absolute atomic E-state index is 0.0987. The van der Waals surface area contributed by atoms with Crippen molar-refractivity contribution in [3.05, 3.63) is 15.8 Å². The molecular weight excluding hydrogens is 282 g/mol. The third kappa shape index (κ3) is 2.81. The maximum Gasteiger partial charge on any atom is 0.328 e. The fourth-order valence-electron chi connectivity index (χ4n) is 1.63. The first-order valence-corrected chi connectivity index (χ1v) is 7.54. The molecule has 0 radical (unpaired) electrons. The van der Waals surface area contributed by atoms with E-state index in [1.54, 1.807) is 0 Å². The lowest BCUT2D eigenvalue weighted by Gasteiger charge is -2.05. The fraction of sp³-hybridized carbons (Fsp3) is 0.667. The number of halogens is 1. The molecule has 7 nitrogen and oxygen atoms in total. The molecule has 9 heteroatoms. The van der Waals surface area contributed by atoms with Crippen LogP contribution in [-0.4, -0.2) is 34.8 Å². The summed E-state index contributed by atoms with van der Waals surface area (Å²) in [5.41, 5.74) is -0.352. The van der Waals surface area contributed by atoms with Crippen molar-refractivity contribution in [1.82, 2.24) is 9.78 Å². The van der Waals surface area contributed by atoms with E-state index in [1.807, 2.05) is 6.92 Å². The van der Waals surface area contributed by atoms with Crippen molar-refractivity contribution >= 4 is 27.1 Å². The number of hydrogen-bond donors (Lipinski definition) is 0. The van der Waals surface area contributed by atoms with E-state index in [1.165, 1.54) is 11.6 Å². The van der Waals surface area contributed by atoms with E-state index in [0.29, 0.717) is 13.0 Å². The highest BCUT2D eigenvalue weighted by atomic mass is 35.5. The summed E-state index contributed by atoms with van der Waals surface area (Å²) in [6, 6.07) is 0. The number of nitrogens with zero attached hydrogens (tertiary/aromatic N) is 3. The minimum Gasteiger partial charge on any atom is -0.258 e. The molecule has 0 amide bonds. The zero-order valence-electron chi connectivity index (χ0n) is 10.1. The molecule has 0 spiro atoms. The minimum atomic E-state index is -3.79. The summed E-state index contributed by atoms with van der Waals surface area (Å²) in [6.45, 7) is 3.57. The second-order valence-electron chi connectivity index (χ2n) is 3.73. The normalized spacial score (nSPS) is 11.7. The van der Waals surface area contributed by atoms with Gasteiger partial charge >= 0.3 is 5.69 Å². The fourth-order valence-corrected chi connectivity index (χ4v) is 3.61. The van der Waals surface area contributed by atoms with Gasteiger partial charge in [0.05, 0.1) is 10.7 Å². The number of rotatable bonds is 6. The topological polar surface area (TPSA) is 95.1 Å². The molecule has 0 saturated heterocycles. The van der Waals surface area contributed by atoms with Gasteiger partial charge in [-0.15, -0.1) is 11.6 Å². The molecule has 1 aromatic rings. The molecule has 0 unspecified atom stereocenters. The van der Waals surface area contributed by atoms with Crippen LogP contribution in [0.15, 0.2) is 5.03 Å². The summed E-state index contributed by atoms with van der Waals surface area (Å²) in [5.74, 6) is -0.458. The average molecular weight is 296 g/mol. The molecule has 1 heterocycles. The zero-order valence-corrected chi connectivity index (χ0v) is 11.7. The second kappa shape index (κ2) is 5.66. The van der Waals surface area contributed by atoms with Crippen LogP contribution in [0.2, 0.25) is 0 Å². The van der Waals surface area contributed by atoms with Crippen molar-refractivity contribution in [2.75, 3.05) is 11.6 Å². The lowest BCUT2D eigenvalue weighted by molar-refractivity contribution is -0.388. The van der Waals surface area contributed by atoms with Gasteiger partial charge in [-0.1, -0.05) is 6.92 Å². The van der Waals surface area contributed by atoms with Crippen LogP contribution >= 0.6 is 11.6 Å². The van der Waals surface area contributed by atoms with E-state index in [9.17, 15) is 18.5 Å². The van der Waals surface area contributed by atoms with Gasteiger partial charge in [-0.3, -0.25) is 10.1 Å². The predicted octanol–water partition coefficient (Wildman–Crippen LogP) is 1.52. The van der Waals surface area contributed by atoms with E-state index < -0.39 is 20.4 Å². The molecule has 0 aliphatic heterocycles. The number of hydrogen-bond acceptors (Lipinski definition) is 5. The van der Waals surface area contributed by atoms with Gasteiger partial charge < -0.3 is 0 Å². The Morgan fingerprint density at radius 2 is 2.11 bits per heavy atom. The molecule has 1 rings (SSSR count). The van der Waals surface area contributed by atoms with Gasteiger partial charge in [0, 0.05) is 12.4 Å². The Bertz CT molecular complexity index is 552. The number of alkyl halides is 1. The SMILES string of the molecule is CCCn1nc(C)c([N+](=O)[O-])c1S(=O)(=O)CCCl. The average Bonchev–Trinajstić information content (AvgIpc) is 2.56. The summed E-state index contributed by atoms with van der Waals surface area (Å²) in [7, 11) is -3.79. The van der Waals surface area contributed by atoms with Crippen LogP contribution in [0.1, 0.15) is 19.0 Å². The smallest absolute Gasteiger partial charge is 0.258 e. The molecule has 0 aromatic carbocycles. The molecule has 0 aliphatic carbocycles. The number of aryl methyl sites for hydroxylation is 2. The Kier molecular flexibility index (Phi) is 4.69. The Balaban J connectivity index is 3.51. The van der Waals surface area contributed by atoms with Crippen LogP contribution in [-0.2, 0) is 16.4 Å². The van der Waals surface area contributed by atoms with Gasteiger partial charge in [0.2, 0.25) is 14.9 Å². The molecular formula is C9H14ClN3O4S. The Morgan fingerprint density at radius 3 is 2.56 bits per heavy atom. The van der Waals surface area contributed by atoms with Crippen LogP contribution in [0.4, 0.5) is 5.69 Å². The first kappa shape index (κ1) is 14.9. The molecule has 0 bridgehead atoms. The second-order valence-corrected chi connectivity index (χ2v) is 6.13. The monoisotopic (exact) mass is 295 g/mol. The van der Waals surface area contributed by atoms with Crippen LogP contribution in [0, 0.1) is 17.0 Å². The highest BCUT2D eigenvalue weighted by Crippen LogP contribution is 2.28. The summed E-state index contributed by atoms with van der Waals surface area (Å²) in [4.78, 5) is 10.3. The van der Waals surface area contributed by atoms with Crippen molar-refractivity contribution in [2.24, 2.45) is 0 Å². The van der Waals surface area contributed by atoms with E-state index in [2.05, 4.69) is 5.10 Å². The van der Waals surface area contributed by atoms with E-state index >= 15 is 0 Å². The van der Waals surface area contributed by atoms with Crippen molar-refractivity contribution in [1.29, 1.82) is 0 Å². The molecule has 0 atom stereocenters. The first-order valence-electron chi connectivity index (χ1n) is 5.35. The zero-order chi connectivity index (χ0) is 13.9. The van der Waals surface area contributed by atoms with Crippen molar-refractivity contribution in [3.8, 4) is 0 Å². The van der Waals surface area contributed by atoms with Crippen LogP contribution in [0.5, 0.6) is 0 Å². The molecule has 0 aliphatic rings.